The minimum Gasteiger partial charge on any atom is -0.488 e. The van der Waals surface area contributed by atoms with Crippen molar-refractivity contribution in [1.82, 2.24) is 15.0 Å². The number of aromatic nitrogens is 3. The second kappa shape index (κ2) is 10.3. The van der Waals surface area contributed by atoms with Crippen LogP contribution in [-0.2, 0) is 26.0 Å². The first-order valence-corrected chi connectivity index (χ1v) is 11.1. The Morgan fingerprint density at radius 2 is 2.00 bits per heavy atom. The summed E-state index contributed by atoms with van der Waals surface area (Å²) in [6, 6.07) is 9.45. The third-order valence-corrected chi connectivity index (χ3v) is 6.28. The van der Waals surface area contributed by atoms with Crippen molar-refractivity contribution < 1.29 is 18.4 Å². The summed E-state index contributed by atoms with van der Waals surface area (Å²) in [7, 11) is -1.34. The van der Waals surface area contributed by atoms with Gasteiger partial charge in [-0.25, -0.2) is 4.98 Å². The monoisotopic (exact) mass is 438 g/mol. The molecule has 1 aliphatic heterocycles. The van der Waals surface area contributed by atoms with Gasteiger partial charge in [-0.15, -0.1) is 0 Å². The van der Waals surface area contributed by atoms with E-state index in [1.165, 1.54) is 0 Å². The summed E-state index contributed by atoms with van der Waals surface area (Å²) in [4.78, 5) is 12.0. The molecule has 0 bridgehead atoms. The number of H-pyrrole nitrogens is 1. The van der Waals surface area contributed by atoms with Gasteiger partial charge in [0, 0.05) is 47.7 Å². The van der Waals surface area contributed by atoms with Crippen LogP contribution in [0.25, 0.3) is 11.0 Å². The van der Waals surface area contributed by atoms with Gasteiger partial charge in [0.2, 0.25) is 5.79 Å². The predicted molar refractivity (Wildman–Crippen MR) is 116 cm³/mol. The van der Waals surface area contributed by atoms with Crippen LogP contribution in [0.4, 0.5) is 0 Å². The molecule has 1 radical (unpaired) electrons. The Bertz CT molecular complexity index is 987. The van der Waals surface area contributed by atoms with Crippen LogP contribution in [0, 0.1) is 6.92 Å². The third kappa shape index (κ3) is 5.12. The molecule has 4 rings (SSSR count). The molecular weight excluding hydrogens is 413 g/mol. The van der Waals surface area contributed by atoms with Crippen LogP contribution in [0.15, 0.2) is 41.7 Å². The molecule has 7 nitrogen and oxygen atoms in total. The predicted octanol–water partition coefficient (Wildman–Crippen LogP) is 3.12. The molecule has 1 saturated heterocycles. The summed E-state index contributed by atoms with van der Waals surface area (Å²) in [5, 5.41) is 0.452. The molecule has 155 valence electrons. The Morgan fingerprint density at radius 3 is 2.73 bits per heavy atom. The van der Waals surface area contributed by atoms with E-state index in [1.807, 2.05) is 44.2 Å². The maximum absolute atomic E-state index is 12.8. The molecule has 1 fully saturated rings. The number of benzene rings is 1. The molecule has 1 aliphatic rings. The van der Waals surface area contributed by atoms with Gasteiger partial charge in [-0.3, -0.25) is 9.19 Å². The third-order valence-electron chi connectivity index (χ3n) is 5.12. The molecule has 0 saturated carbocycles. The molecule has 0 amide bonds. The van der Waals surface area contributed by atoms with Crippen molar-refractivity contribution >= 4 is 51.4 Å². The van der Waals surface area contributed by atoms with Crippen LogP contribution in [0.5, 0.6) is 5.75 Å². The molecule has 1 atom stereocenters. The number of nitrogens with zero attached hydrogens (tertiary/aromatic N) is 2. The van der Waals surface area contributed by atoms with E-state index in [0.717, 1.165) is 28.7 Å². The number of para-hydroxylation sites is 2. The first-order valence-electron chi connectivity index (χ1n) is 9.78. The van der Waals surface area contributed by atoms with E-state index < -0.39 is 16.6 Å². The molecule has 30 heavy (non-hydrogen) atoms. The Kier molecular flexibility index (Phi) is 8.06. The van der Waals surface area contributed by atoms with Gasteiger partial charge in [-0.2, -0.15) is 0 Å². The molecule has 9 heteroatoms. The van der Waals surface area contributed by atoms with Crippen LogP contribution in [0.2, 0.25) is 0 Å². The molecule has 1 aromatic carbocycles. The molecule has 3 aromatic rings. The average molecular weight is 439 g/mol. The molecule has 3 heterocycles. The van der Waals surface area contributed by atoms with Gasteiger partial charge in [0.05, 0.1) is 46.5 Å². The van der Waals surface area contributed by atoms with Crippen LogP contribution < -0.4 is 4.74 Å². The van der Waals surface area contributed by atoms with Gasteiger partial charge in [0.1, 0.15) is 12.4 Å². The van der Waals surface area contributed by atoms with Crippen molar-refractivity contribution in [2.24, 2.45) is 0 Å². The van der Waals surface area contributed by atoms with E-state index >= 15 is 0 Å². The number of hydrogen-bond acceptors (Lipinski definition) is 6. The van der Waals surface area contributed by atoms with Crippen molar-refractivity contribution in [3.63, 3.8) is 0 Å². The Hall–Kier alpha value is -1.29. The smallest absolute Gasteiger partial charge is 0.202 e. The number of ether oxygens (including phenoxy) is 3. The van der Waals surface area contributed by atoms with E-state index in [2.05, 4.69) is 15.0 Å². The van der Waals surface area contributed by atoms with Crippen LogP contribution >= 0.6 is 0 Å². The van der Waals surface area contributed by atoms with E-state index in [9.17, 15) is 4.21 Å². The standard InChI is InChI=1S/C21H25N3O4S.Na/c1-3-21(27-11-6-12-28-21)14-26-19-9-10-22-18(15(19)2)13-29(25)20-23-16-7-4-5-8-17(16)24-20;/h4-5,7-10H,3,6,11-14H2,1-2H3,(H,23,24);. The fourth-order valence-corrected chi connectivity index (χ4v) is 4.38. The summed E-state index contributed by atoms with van der Waals surface area (Å²) < 4.78 is 30.5. The summed E-state index contributed by atoms with van der Waals surface area (Å²) in [5.41, 5.74) is 3.25. The number of aromatic amines is 1. The Morgan fingerprint density at radius 1 is 1.23 bits per heavy atom. The maximum Gasteiger partial charge on any atom is 0.202 e. The van der Waals surface area contributed by atoms with Crippen molar-refractivity contribution in [2.45, 2.75) is 43.4 Å². The van der Waals surface area contributed by atoms with Crippen molar-refractivity contribution in [3.05, 3.63) is 47.8 Å². The second-order valence-electron chi connectivity index (χ2n) is 7.03. The van der Waals surface area contributed by atoms with Gasteiger partial charge in [0.25, 0.3) is 0 Å². The number of imidazole rings is 1. The number of rotatable bonds is 7. The van der Waals surface area contributed by atoms with E-state index in [-0.39, 0.29) is 35.3 Å². The zero-order valence-corrected chi connectivity index (χ0v) is 20.5. The SMILES string of the molecule is CCC1(COc2ccnc(CS(=O)c3nc4ccccc4[nH]3)c2C)OCCCO1.[Na]. The van der Waals surface area contributed by atoms with E-state index in [0.29, 0.717) is 37.1 Å². The zero-order chi connectivity index (χ0) is 20.3. The van der Waals surface area contributed by atoms with Crippen LogP contribution in [0.3, 0.4) is 0 Å². The minimum absolute atomic E-state index is 0. The molecule has 0 spiro atoms. The number of hydrogen-bond donors (Lipinski definition) is 1. The number of nitrogens with one attached hydrogen (secondary N) is 1. The maximum atomic E-state index is 12.8. The minimum atomic E-state index is -1.34. The first-order chi connectivity index (χ1) is 14.1. The molecule has 1 unspecified atom stereocenters. The van der Waals surface area contributed by atoms with E-state index in [1.54, 1.807) is 6.20 Å². The van der Waals surface area contributed by atoms with Gasteiger partial charge in [0.15, 0.2) is 5.16 Å². The zero-order valence-electron chi connectivity index (χ0n) is 17.6. The van der Waals surface area contributed by atoms with E-state index in [4.69, 9.17) is 14.2 Å². The van der Waals surface area contributed by atoms with Crippen LogP contribution in [0.1, 0.15) is 31.0 Å². The topological polar surface area (TPSA) is 86.3 Å². The molecule has 1 N–H and O–H groups in total. The first kappa shape index (κ1) is 23.4. The number of fused-ring (bicyclic) bond motifs is 1. The normalized spacial score (nSPS) is 16.7. The van der Waals surface area contributed by atoms with Crippen molar-refractivity contribution in [3.8, 4) is 5.75 Å². The van der Waals surface area contributed by atoms with Gasteiger partial charge in [-0.05, 0) is 31.5 Å². The molecular formula is C21H25N3NaO4S. The van der Waals surface area contributed by atoms with Crippen molar-refractivity contribution in [2.75, 3.05) is 19.8 Å². The summed E-state index contributed by atoms with van der Waals surface area (Å²) in [6.07, 6.45) is 3.28. The quantitative estimate of drug-likeness (QED) is 0.571. The van der Waals surface area contributed by atoms with Gasteiger partial charge in [-0.1, -0.05) is 19.1 Å². The molecule has 2 aromatic heterocycles. The largest absolute Gasteiger partial charge is 0.488 e. The van der Waals surface area contributed by atoms with Gasteiger partial charge >= 0.3 is 0 Å². The van der Waals surface area contributed by atoms with Crippen molar-refractivity contribution in [1.29, 1.82) is 0 Å². The summed E-state index contributed by atoms with van der Waals surface area (Å²) in [6.45, 7) is 5.60. The van der Waals surface area contributed by atoms with Crippen LogP contribution in [-0.4, -0.2) is 74.3 Å². The average Bonchev–Trinajstić information content (AvgIpc) is 3.19. The Labute approximate surface area is 200 Å². The fraction of sp³-hybridized carbons (Fsp3) is 0.429. The Balaban J connectivity index is 0.00000256. The second-order valence-corrected chi connectivity index (χ2v) is 8.40. The summed E-state index contributed by atoms with van der Waals surface area (Å²) in [5.74, 6) is 0.252. The molecule has 0 aliphatic carbocycles. The summed E-state index contributed by atoms with van der Waals surface area (Å²) >= 11 is 0. The fourth-order valence-electron chi connectivity index (χ4n) is 3.28. The number of pyridine rings is 1. The van der Waals surface area contributed by atoms with Gasteiger partial charge < -0.3 is 19.2 Å².